The van der Waals surface area contributed by atoms with Crippen molar-refractivity contribution in [1.29, 1.82) is 0 Å². The summed E-state index contributed by atoms with van der Waals surface area (Å²) in [7, 11) is 2.07. The molecule has 0 radical (unpaired) electrons. The number of aryl methyl sites for hydroxylation is 2. The molecule has 122 valence electrons. The Kier molecular flexibility index (Phi) is 14.2. The van der Waals surface area contributed by atoms with Crippen LogP contribution in [-0.4, -0.2) is 26.7 Å². The summed E-state index contributed by atoms with van der Waals surface area (Å²) in [5, 5.41) is 14.8. The number of hydrogen-bond donors (Lipinski definition) is 2. The summed E-state index contributed by atoms with van der Waals surface area (Å²) in [5.41, 5.74) is 0. The summed E-state index contributed by atoms with van der Waals surface area (Å²) in [6.07, 6.45) is 14.6. The van der Waals surface area contributed by atoms with Crippen molar-refractivity contribution >= 4 is 11.9 Å². The predicted molar refractivity (Wildman–Crippen MR) is 74.3 cm³/mol. The molecule has 1 aromatic heterocycles. The van der Waals surface area contributed by atoms with Gasteiger partial charge in [-0.25, -0.2) is 18.7 Å². The predicted octanol–water partition coefficient (Wildman–Crippen LogP) is -1.17. The van der Waals surface area contributed by atoms with Gasteiger partial charge in [-0.2, -0.15) is 0 Å². The Bertz CT molecular complexity index is 395. The summed E-state index contributed by atoms with van der Waals surface area (Å²) in [4.78, 5) is 18.2. The summed E-state index contributed by atoms with van der Waals surface area (Å²) >= 11 is 0. The van der Waals surface area contributed by atoms with E-state index in [0.29, 0.717) is 0 Å². The van der Waals surface area contributed by atoms with Gasteiger partial charge in [-0.05, 0) is 12.8 Å². The lowest BCUT2D eigenvalue weighted by atomic mass is 10.1. The lowest BCUT2D eigenvalue weighted by Crippen LogP contribution is -3.00. The molecule has 0 aromatic carbocycles. The number of aromatic nitrogens is 2. The second-order valence-corrected chi connectivity index (χ2v) is 4.69. The highest BCUT2D eigenvalue weighted by Crippen LogP contribution is 2.05. The van der Waals surface area contributed by atoms with Crippen LogP contribution < -0.4 is 21.5 Å². The zero-order chi connectivity index (χ0) is 15.4. The zero-order valence-corrected chi connectivity index (χ0v) is 14.3. The van der Waals surface area contributed by atoms with Crippen LogP contribution in [0.15, 0.2) is 18.7 Å². The average Bonchev–Trinajstić information content (AvgIpc) is 2.80. The third-order valence-corrected chi connectivity index (χ3v) is 2.78. The number of nitrogens with zero attached hydrogens (tertiary/aromatic N) is 2. The molecular weight excluding hydrogens is 340 g/mol. The molecule has 21 heavy (non-hydrogen) atoms. The Balaban J connectivity index is 0. The smallest absolute Gasteiger partial charge is 0.414 e. The number of carboxylic acid groups (broad SMARTS) is 2. The second kappa shape index (κ2) is 13.6. The van der Waals surface area contributed by atoms with Crippen LogP contribution in [-0.2, 0) is 23.2 Å². The zero-order valence-electron chi connectivity index (χ0n) is 12.7. The maximum atomic E-state index is 9.10. The molecule has 0 saturated heterocycles. The first-order chi connectivity index (χ1) is 9.47. The molecule has 1 aromatic rings. The molecule has 0 amide bonds. The quantitative estimate of drug-likeness (QED) is 0.363. The van der Waals surface area contributed by atoms with Crippen LogP contribution in [0.2, 0.25) is 0 Å². The Hall–Kier alpha value is -1.37. The van der Waals surface area contributed by atoms with Gasteiger partial charge in [0.15, 0.2) is 0 Å². The van der Waals surface area contributed by atoms with Gasteiger partial charge in [0.2, 0.25) is 6.33 Å². The molecule has 0 bridgehead atoms. The second-order valence-electron chi connectivity index (χ2n) is 4.69. The minimum absolute atomic E-state index is 0. The SMILES string of the molecule is CCCCCCCCn1cc[n+](C)c1.O=C(O)C(=O)O.[Br-]. The maximum absolute atomic E-state index is 9.10. The van der Waals surface area contributed by atoms with Gasteiger partial charge in [0, 0.05) is 0 Å². The van der Waals surface area contributed by atoms with Crippen LogP contribution in [0.1, 0.15) is 45.4 Å². The van der Waals surface area contributed by atoms with Crippen molar-refractivity contribution in [2.75, 3.05) is 0 Å². The third-order valence-electron chi connectivity index (χ3n) is 2.78. The van der Waals surface area contributed by atoms with E-state index in [0.717, 1.165) is 0 Å². The van der Waals surface area contributed by atoms with Gasteiger partial charge in [0.1, 0.15) is 12.4 Å². The fourth-order valence-electron chi connectivity index (χ4n) is 1.71. The van der Waals surface area contributed by atoms with Gasteiger partial charge >= 0.3 is 11.9 Å². The number of rotatable bonds is 7. The molecule has 2 N–H and O–H groups in total. The van der Waals surface area contributed by atoms with Gasteiger partial charge < -0.3 is 27.2 Å². The van der Waals surface area contributed by atoms with Crippen LogP contribution >= 0.6 is 0 Å². The van der Waals surface area contributed by atoms with Crippen molar-refractivity contribution in [2.45, 2.75) is 52.0 Å². The van der Waals surface area contributed by atoms with Gasteiger partial charge in [0.25, 0.3) is 0 Å². The first-order valence-electron chi connectivity index (χ1n) is 6.94. The summed E-state index contributed by atoms with van der Waals surface area (Å²) < 4.78 is 4.36. The van der Waals surface area contributed by atoms with E-state index < -0.39 is 11.9 Å². The number of aliphatic carboxylic acids is 2. The molecule has 0 aliphatic carbocycles. The lowest BCUT2D eigenvalue weighted by Gasteiger charge is -1.98. The lowest BCUT2D eigenvalue weighted by molar-refractivity contribution is -0.671. The highest BCUT2D eigenvalue weighted by Gasteiger charge is 2.04. The van der Waals surface area contributed by atoms with E-state index in [2.05, 4.69) is 41.8 Å². The van der Waals surface area contributed by atoms with Crippen molar-refractivity contribution in [3.63, 3.8) is 0 Å². The van der Waals surface area contributed by atoms with Crippen LogP contribution in [0, 0.1) is 0 Å². The Labute approximate surface area is 136 Å². The van der Waals surface area contributed by atoms with Crippen LogP contribution in [0.5, 0.6) is 0 Å². The molecular formula is C14H25BrN2O4. The summed E-state index contributed by atoms with van der Waals surface area (Å²) in [6, 6.07) is 0. The number of carboxylic acids is 2. The van der Waals surface area contributed by atoms with E-state index in [1.165, 1.54) is 45.1 Å². The van der Waals surface area contributed by atoms with Crippen molar-refractivity contribution in [1.82, 2.24) is 4.57 Å². The van der Waals surface area contributed by atoms with E-state index >= 15 is 0 Å². The third kappa shape index (κ3) is 13.4. The topological polar surface area (TPSA) is 83.4 Å². The summed E-state index contributed by atoms with van der Waals surface area (Å²) in [6.45, 7) is 3.44. The van der Waals surface area contributed by atoms with Gasteiger partial charge in [-0.3, -0.25) is 0 Å². The molecule has 0 spiro atoms. The molecule has 7 heteroatoms. The maximum Gasteiger partial charge on any atom is 0.414 e. The van der Waals surface area contributed by atoms with E-state index in [1.54, 1.807) is 0 Å². The highest BCUT2D eigenvalue weighted by atomic mass is 79.9. The Morgan fingerprint density at radius 1 is 1.05 bits per heavy atom. The molecule has 1 rings (SSSR count). The standard InChI is InChI=1S/C12H23N2.C2H2O4.BrH/c1-3-4-5-6-7-8-9-14-11-10-13(2)12-14;3-1(4)2(5)6;/h10-12H,3-9H2,1-2H3;(H,3,4)(H,5,6);1H/q+1;;/p-1. The fourth-order valence-corrected chi connectivity index (χ4v) is 1.71. The van der Waals surface area contributed by atoms with Crippen LogP contribution in [0.3, 0.4) is 0 Å². The highest BCUT2D eigenvalue weighted by molar-refractivity contribution is 6.27. The number of hydrogen-bond acceptors (Lipinski definition) is 2. The molecule has 6 nitrogen and oxygen atoms in total. The minimum atomic E-state index is -1.82. The largest absolute Gasteiger partial charge is 1.00 e. The number of carbonyl (C=O) groups is 2. The number of unbranched alkanes of at least 4 members (excludes halogenated alkanes) is 5. The van der Waals surface area contributed by atoms with E-state index in [9.17, 15) is 0 Å². The Morgan fingerprint density at radius 2 is 1.57 bits per heavy atom. The Morgan fingerprint density at radius 3 is 2.00 bits per heavy atom. The molecule has 1 heterocycles. The van der Waals surface area contributed by atoms with Gasteiger partial charge in [-0.15, -0.1) is 0 Å². The van der Waals surface area contributed by atoms with Crippen LogP contribution in [0.25, 0.3) is 0 Å². The normalized spacial score (nSPS) is 9.24. The molecule has 0 unspecified atom stereocenters. The van der Waals surface area contributed by atoms with E-state index in [1.807, 2.05) is 0 Å². The van der Waals surface area contributed by atoms with Crippen molar-refractivity contribution in [2.24, 2.45) is 7.05 Å². The molecule has 0 fully saturated rings. The number of imidazole rings is 1. The van der Waals surface area contributed by atoms with Crippen molar-refractivity contribution < 1.29 is 41.4 Å². The summed E-state index contributed by atoms with van der Waals surface area (Å²) in [5.74, 6) is -3.65. The van der Waals surface area contributed by atoms with Crippen molar-refractivity contribution in [3.05, 3.63) is 18.7 Å². The number of halogens is 1. The first kappa shape index (κ1) is 21.9. The van der Waals surface area contributed by atoms with E-state index in [-0.39, 0.29) is 17.0 Å². The fraction of sp³-hybridized carbons (Fsp3) is 0.643. The van der Waals surface area contributed by atoms with Crippen molar-refractivity contribution in [3.8, 4) is 0 Å². The average molecular weight is 365 g/mol. The molecule has 0 atom stereocenters. The first-order valence-corrected chi connectivity index (χ1v) is 6.94. The monoisotopic (exact) mass is 364 g/mol. The van der Waals surface area contributed by atoms with E-state index in [4.69, 9.17) is 19.8 Å². The molecule has 0 aliphatic heterocycles. The van der Waals surface area contributed by atoms with Gasteiger partial charge in [-0.1, -0.05) is 32.6 Å². The molecule has 0 aliphatic rings. The van der Waals surface area contributed by atoms with Crippen LogP contribution in [0.4, 0.5) is 0 Å². The van der Waals surface area contributed by atoms with Gasteiger partial charge in [0.05, 0.1) is 13.6 Å². The molecule has 0 saturated carbocycles. The minimum Gasteiger partial charge on any atom is -1.00 e.